The van der Waals surface area contributed by atoms with Gasteiger partial charge in [-0.05, 0) is 31.5 Å². The Balaban J connectivity index is 1.99. The fourth-order valence-electron chi connectivity index (χ4n) is 2.44. The Bertz CT molecular complexity index is 387. The van der Waals surface area contributed by atoms with E-state index in [2.05, 4.69) is 21.7 Å². The third kappa shape index (κ3) is 3.00. The van der Waals surface area contributed by atoms with Gasteiger partial charge in [0.25, 0.3) is 0 Å². The van der Waals surface area contributed by atoms with E-state index in [0.717, 1.165) is 43.3 Å². The monoisotopic (exact) mass is 249 g/mol. The maximum absolute atomic E-state index is 9.15. The fraction of sp³-hybridized carbons (Fsp3) is 0.643. The Morgan fingerprint density at radius 1 is 1.22 bits per heavy atom. The van der Waals surface area contributed by atoms with Gasteiger partial charge in [0.2, 0.25) is 0 Å². The lowest BCUT2D eigenvalue weighted by Crippen LogP contribution is -2.46. The van der Waals surface area contributed by atoms with Crippen molar-refractivity contribution < 1.29 is 5.11 Å². The van der Waals surface area contributed by atoms with Crippen LogP contribution in [0.4, 0.5) is 5.82 Å². The highest BCUT2D eigenvalue weighted by atomic mass is 16.3. The number of hydrogen-bond acceptors (Lipinski definition) is 4. The largest absolute Gasteiger partial charge is 0.392 e. The molecule has 1 aromatic rings. The van der Waals surface area contributed by atoms with E-state index in [1.807, 2.05) is 19.1 Å². The van der Waals surface area contributed by atoms with Gasteiger partial charge in [0, 0.05) is 31.9 Å². The van der Waals surface area contributed by atoms with Crippen LogP contribution in [-0.2, 0) is 6.61 Å². The molecule has 2 rings (SSSR count). The summed E-state index contributed by atoms with van der Waals surface area (Å²) in [5.74, 6) is 1.04. The van der Waals surface area contributed by atoms with Crippen molar-refractivity contribution in [2.24, 2.45) is 0 Å². The Morgan fingerprint density at radius 3 is 2.50 bits per heavy atom. The average molecular weight is 249 g/mol. The number of anilines is 1. The smallest absolute Gasteiger partial charge is 0.128 e. The van der Waals surface area contributed by atoms with E-state index in [9.17, 15) is 0 Å². The van der Waals surface area contributed by atoms with Gasteiger partial charge in [-0.2, -0.15) is 0 Å². The van der Waals surface area contributed by atoms with E-state index in [1.54, 1.807) is 0 Å². The van der Waals surface area contributed by atoms with Gasteiger partial charge < -0.3 is 10.0 Å². The zero-order valence-electron chi connectivity index (χ0n) is 11.4. The molecule has 0 amide bonds. The zero-order chi connectivity index (χ0) is 13.0. The molecule has 0 saturated carbocycles. The van der Waals surface area contributed by atoms with Crippen molar-refractivity contribution in [1.29, 1.82) is 0 Å². The Hall–Kier alpha value is -1.13. The van der Waals surface area contributed by atoms with E-state index in [0.29, 0.717) is 0 Å². The predicted molar refractivity (Wildman–Crippen MR) is 73.8 cm³/mol. The van der Waals surface area contributed by atoms with Gasteiger partial charge in [0.05, 0.1) is 6.61 Å². The van der Waals surface area contributed by atoms with Crippen molar-refractivity contribution in [3.8, 4) is 0 Å². The molecule has 1 aromatic heterocycles. The van der Waals surface area contributed by atoms with Gasteiger partial charge in [-0.3, -0.25) is 4.90 Å². The molecule has 1 saturated heterocycles. The number of nitrogens with zero attached hydrogens (tertiary/aromatic N) is 3. The first-order chi connectivity index (χ1) is 8.74. The molecule has 0 atom stereocenters. The maximum Gasteiger partial charge on any atom is 0.128 e. The van der Waals surface area contributed by atoms with Gasteiger partial charge in [0.15, 0.2) is 0 Å². The minimum absolute atomic E-state index is 0.0728. The standard InChI is InChI=1S/C14H23N3O/c1-3-6-16-7-9-17(10-8-16)14-5-4-13(11-18)12(2)15-14/h4-5,18H,3,6-11H2,1-2H3. The minimum atomic E-state index is 0.0728. The number of aromatic nitrogens is 1. The first-order valence-corrected chi connectivity index (χ1v) is 6.79. The average Bonchev–Trinajstić information content (AvgIpc) is 2.40. The van der Waals surface area contributed by atoms with Crippen molar-refractivity contribution in [1.82, 2.24) is 9.88 Å². The quantitative estimate of drug-likeness (QED) is 0.876. The normalized spacial score (nSPS) is 17.2. The van der Waals surface area contributed by atoms with Crippen molar-refractivity contribution in [2.45, 2.75) is 26.9 Å². The van der Waals surface area contributed by atoms with E-state index >= 15 is 0 Å². The van der Waals surface area contributed by atoms with E-state index < -0.39 is 0 Å². The molecule has 0 aromatic carbocycles. The highest BCUT2D eigenvalue weighted by molar-refractivity contribution is 5.42. The van der Waals surface area contributed by atoms with Crippen molar-refractivity contribution in [3.63, 3.8) is 0 Å². The molecule has 18 heavy (non-hydrogen) atoms. The molecular weight excluding hydrogens is 226 g/mol. The summed E-state index contributed by atoms with van der Waals surface area (Å²) in [7, 11) is 0. The molecule has 0 radical (unpaired) electrons. The van der Waals surface area contributed by atoms with Crippen LogP contribution in [-0.4, -0.2) is 47.7 Å². The molecule has 4 heteroatoms. The molecule has 0 bridgehead atoms. The highest BCUT2D eigenvalue weighted by Crippen LogP contribution is 2.16. The molecular formula is C14H23N3O. The van der Waals surface area contributed by atoms with E-state index in [4.69, 9.17) is 5.11 Å². The second-order valence-electron chi connectivity index (χ2n) is 4.90. The second kappa shape index (κ2) is 6.16. The summed E-state index contributed by atoms with van der Waals surface area (Å²) in [5, 5.41) is 9.15. The first kappa shape index (κ1) is 13.3. The number of aliphatic hydroxyl groups excluding tert-OH is 1. The number of aliphatic hydroxyl groups is 1. The third-order valence-corrected chi connectivity index (χ3v) is 3.59. The van der Waals surface area contributed by atoms with Crippen LogP contribution in [0.3, 0.4) is 0 Å². The second-order valence-corrected chi connectivity index (χ2v) is 4.90. The number of pyridine rings is 1. The maximum atomic E-state index is 9.15. The Morgan fingerprint density at radius 2 is 1.94 bits per heavy atom. The lowest BCUT2D eigenvalue weighted by Gasteiger charge is -2.35. The van der Waals surface area contributed by atoms with Gasteiger partial charge >= 0.3 is 0 Å². The number of rotatable bonds is 4. The SMILES string of the molecule is CCCN1CCN(c2ccc(CO)c(C)n2)CC1. The van der Waals surface area contributed by atoms with Crippen molar-refractivity contribution in [3.05, 3.63) is 23.4 Å². The Labute approximate surface area is 109 Å². The first-order valence-electron chi connectivity index (χ1n) is 6.79. The molecule has 100 valence electrons. The lowest BCUT2D eigenvalue weighted by molar-refractivity contribution is 0.258. The lowest BCUT2D eigenvalue weighted by atomic mass is 10.2. The van der Waals surface area contributed by atoms with Crippen LogP contribution >= 0.6 is 0 Å². The summed E-state index contributed by atoms with van der Waals surface area (Å²) in [4.78, 5) is 9.43. The van der Waals surface area contributed by atoms with E-state index in [-0.39, 0.29) is 6.61 Å². The van der Waals surface area contributed by atoms with Gasteiger partial charge in [-0.15, -0.1) is 0 Å². The van der Waals surface area contributed by atoms with Crippen molar-refractivity contribution in [2.75, 3.05) is 37.6 Å². The topological polar surface area (TPSA) is 39.6 Å². The van der Waals surface area contributed by atoms with Crippen LogP contribution in [0.2, 0.25) is 0 Å². The van der Waals surface area contributed by atoms with Gasteiger partial charge in [0.1, 0.15) is 5.82 Å². The highest BCUT2D eigenvalue weighted by Gasteiger charge is 2.17. The molecule has 0 unspecified atom stereocenters. The van der Waals surface area contributed by atoms with Gasteiger partial charge in [-0.25, -0.2) is 4.98 Å². The van der Waals surface area contributed by atoms with E-state index in [1.165, 1.54) is 13.0 Å². The summed E-state index contributed by atoms with van der Waals surface area (Å²) >= 11 is 0. The Kier molecular flexibility index (Phi) is 4.55. The van der Waals surface area contributed by atoms with Crippen LogP contribution in [0.25, 0.3) is 0 Å². The summed E-state index contributed by atoms with van der Waals surface area (Å²) < 4.78 is 0. The number of aryl methyl sites for hydroxylation is 1. The zero-order valence-corrected chi connectivity index (χ0v) is 11.4. The van der Waals surface area contributed by atoms with Crippen molar-refractivity contribution >= 4 is 5.82 Å². The van der Waals surface area contributed by atoms with Gasteiger partial charge in [-0.1, -0.05) is 13.0 Å². The fourth-order valence-corrected chi connectivity index (χ4v) is 2.44. The van der Waals surface area contributed by atoms with Crippen LogP contribution < -0.4 is 4.90 Å². The molecule has 1 N–H and O–H groups in total. The number of piperazine rings is 1. The summed E-state index contributed by atoms with van der Waals surface area (Å²) in [6.07, 6.45) is 1.22. The predicted octanol–water partition coefficient (Wildman–Crippen LogP) is 1.41. The molecule has 1 fully saturated rings. The molecule has 1 aliphatic heterocycles. The molecule has 4 nitrogen and oxygen atoms in total. The molecule has 0 aliphatic carbocycles. The van der Waals surface area contributed by atoms with Crippen LogP contribution in [0.15, 0.2) is 12.1 Å². The summed E-state index contributed by atoms with van der Waals surface area (Å²) in [6.45, 7) is 9.79. The van der Waals surface area contributed by atoms with Crippen LogP contribution in [0, 0.1) is 6.92 Å². The summed E-state index contributed by atoms with van der Waals surface area (Å²) in [5.41, 5.74) is 1.86. The molecule has 1 aliphatic rings. The molecule has 0 spiro atoms. The third-order valence-electron chi connectivity index (χ3n) is 3.59. The van der Waals surface area contributed by atoms with Crippen LogP contribution in [0.5, 0.6) is 0 Å². The van der Waals surface area contributed by atoms with Crippen LogP contribution in [0.1, 0.15) is 24.6 Å². The summed E-state index contributed by atoms with van der Waals surface area (Å²) in [6, 6.07) is 4.00. The minimum Gasteiger partial charge on any atom is -0.392 e. The molecule has 2 heterocycles. The number of hydrogen-bond donors (Lipinski definition) is 1.